The molecule has 3 aromatic rings. The molecule has 1 heterocycles. The average Bonchev–Trinajstić information content (AvgIpc) is 2.72. The number of esters is 1. The molecule has 0 fully saturated rings. The summed E-state index contributed by atoms with van der Waals surface area (Å²) < 4.78 is 5.40. The zero-order valence-corrected chi connectivity index (χ0v) is 17.1. The SMILES string of the molecule is C[C@@H]1C/C(=C\c2ccccc2)c2nc3ccccc3c(C(=O)O[C@H](C)C(N)=O)c2C1. The Morgan fingerprint density at radius 3 is 2.53 bits per heavy atom. The first-order valence-corrected chi connectivity index (χ1v) is 10.1. The van der Waals surface area contributed by atoms with Gasteiger partial charge in [-0.25, -0.2) is 9.78 Å². The number of hydrogen-bond acceptors (Lipinski definition) is 4. The normalized spacial score (nSPS) is 18.1. The third kappa shape index (κ3) is 3.83. The third-order valence-corrected chi connectivity index (χ3v) is 5.45. The van der Waals surface area contributed by atoms with E-state index >= 15 is 0 Å². The fourth-order valence-corrected chi connectivity index (χ4v) is 4.00. The summed E-state index contributed by atoms with van der Waals surface area (Å²) in [5.41, 5.74) is 10.4. The largest absolute Gasteiger partial charge is 0.449 e. The highest BCUT2D eigenvalue weighted by Gasteiger charge is 2.29. The van der Waals surface area contributed by atoms with E-state index in [4.69, 9.17) is 15.5 Å². The molecule has 30 heavy (non-hydrogen) atoms. The molecule has 1 aliphatic carbocycles. The number of carbonyl (C=O) groups is 2. The van der Waals surface area contributed by atoms with E-state index in [0.29, 0.717) is 17.9 Å². The summed E-state index contributed by atoms with van der Waals surface area (Å²) >= 11 is 0. The van der Waals surface area contributed by atoms with Crippen LogP contribution in [0.15, 0.2) is 54.6 Å². The van der Waals surface area contributed by atoms with Gasteiger partial charge in [0.15, 0.2) is 6.10 Å². The van der Waals surface area contributed by atoms with Crippen molar-refractivity contribution in [1.29, 1.82) is 0 Å². The maximum Gasteiger partial charge on any atom is 0.339 e. The molecule has 0 aliphatic heterocycles. The first-order chi connectivity index (χ1) is 14.4. The molecule has 4 rings (SSSR count). The number of allylic oxidation sites excluding steroid dienone is 1. The molecule has 152 valence electrons. The van der Waals surface area contributed by atoms with Crippen LogP contribution in [0.3, 0.4) is 0 Å². The minimum atomic E-state index is -1.000. The fourth-order valence-electron chi connectivity index (χ4n) is 4.00. The molecular weight excluding hydrogens is 376 g/mol. The van der Waals surface area contributed by atoms with Crippen molar-refractivity contribution in [2.45, 2.75) is 32.8 Å². The molecule has 0 saturated heterocycles. The highest BCUT2D eigenvalue weighted by Crippen LogP contribution is 2.38. The number of rotatable bonds is 4. The van der Waals surface area contributed by atoms with Gasteiger partial charge in [-0.2, -0.15) is 0 Å². The van der Waals surface area contributed by atoms with E-state index in [2.05, 4.69) is 25.1 Å². The van der Waals surface area contributed by atoms with E-state index < -0.39 is 18.0 Å². The van der Waals surface area contributed by atoms with E-state index in [0.717, 1.165) is 39.7 Å². The van der Waals surface area contributed by atoms with Gasteiger partial charge in [-0.15, -0.1) is 0 Å². The summed E-state index contributed by atoms with van der Waals surface area (Å²) in [5, 5.41) is 0.728. The minimum Gasteiger partial charge on any atom is -0.449 e. The molecule has 1 aromatic heterocycles. The Kier molecular flexibility index (Phi) is 5.36. The molecule has 5 heteroatoms. The van der Waals surface area contributed by atoms with Gasteiger partial charge in [0.25, 0.3) is 5.91 Å². The number of nitrogens with zero attached hydrogens (tertiary/aromatic N) is 1. The maximum absolute atomic E-state index is 13.1. The van der Waals surface area contributed by atoms with Crippen LogP contribution in [-0.4, -0.2) is 23.0 Å². The number of amides is 1. The van der Waals surface area contributed by atoms with E-state index in [1.807, 2.05) is 42.5 Å². The van der Waals surface area contributed by atoms with Crippen LogP contribution in [0.25, 0.3) is 22.6 Å². The predicted molar refractivity (Wildman–Crippen MR) is 118 cm³/mol. The van der Waals surface area contributed by atoms with Gasteiger partial charge in [-0.1, -0.05) is 55.5 Å². The zero-order valence-electron chi connectivity index (χ0n) is 17.1. The van der Waals surface area contributed by atoms with Gasteiger partial charge in [0.05, 0.1) is 16.8 Å². The average molecular weight is 400 g/mol. The van der Waals surface area contributed by atoms with E-state index in [1.54, 1.807) is 0 Å². The van der Waals surface area contributed by atoms with Crippen molar-refractivity contribution in [2.75, 3.05) is 0 Å². The lowest BCUT2D eigenvalue weighted by atomic mass is 9.80. The van der Waals surface area contributed by atoms with Gasteiger partial charge in [0.2, 0.25) is 0 Å². The number of carbonyl (C=O) groups excluding carboxylic acids is 2. The molecule has 1 amide bonds. The highest BCUT2D eigenvalue weighted by atomic mass is 16.5. The molecule has 2 atom stereocenters. The van der Waals surface area contributed by atoms with Crippen LogP contribution in [0.4, 0.5) is 0 Å². The van der Waals surface area contributed by atoms with Crippen molar-refractivity contribution in [3.05, 3.63) is 77.0 Å². The first kappa shape index (κ1) is 19.8. The van der Waals surface area contributed by atoms with Crippen LogP contribution >= 0.6 is 0 Å². The van der Waals surface area contributed by atoms with E-state index in [1.165, 1.54) is 6.92 Å². The standard InChI is InChI=1S/C25H24N2O3/c1-15-12-18(14-17-8-4-3-5-9-17)23-20(13-15)22(25(29)30-16(2)24(26)28)19-10-6-7-11-21(19)27-23/h3-11,14-16H,12-13H2,1-2H3,(H2,26,28)/b18-14+/t15-,16-/m1/s1. The van der Waals surface area contributed by atoms with Crippen molar-refractivity contribution in [3.8, 4) is 0 Å². The van der Waals surface area contributed by atoms with Crippen molar-refractivity contribution >= 4 is 34.4 Å². The van der Waals surface area contributed by atoms with E-state index in [-0.39, 0.29) is 0 Å². The van der Waals surface area contributed by atoms with Gasteiger partial charge in [0, 0.05) is 5.39 Å². The van der Waals surface area contributed by atoms with Crippen LogP contribution in [0.1, 0.15) is 47.4 Å². The van der Waals surface area contributed by atoms with E-state index in [9.17, 15) is 9.59 Å². The number of benzene rings is 2. The summed E-state index contributed by atoms with van der Waals surface area (Å²) in [6.45, 7) is 3.65. The summed E-state index contributed by atoms with van der Waals surface area (Å²) in [4.78, 5) is 29.5. The van der Waals surface area contributed by atoms with Crippen LogP contribution < -0.4 is 5.73 Å². The van der Waals surface area contributed by atoms with Crippen LogP contribution in [0.2, 0.25) is 0 Å². The molecule has 0 radical (unpaired) electrons. The predicted octanol–water partition coefficient (Wildman–Crippen LogP) is 4.39. The van der Waals surface area contributed by atoms with Gasteiger partial charge in [-0.05, 0) is 54.5 Å². The van der Waals surface area contributed by atoms with Crippen molar-refractivity contribution in [2.24, 2.45) is 11.7 Å². The Balaban J connectivity index is 1.92. The molecule has 2 N–H and O–H groups in total. The lowest BCUT2D eigenvalue weighted by molar-refractivity contribution is -0.125. The lowest BCUT2D eigenvalue weighted by Gasteiger charge is -2.27. The summed E-state index contributed by atoms with van der Waals surface area (Å²) in [5.74, 6) is -0.867. The Morgan fingerprint density at radius 2 is 1.80 bits per heavy atom. The Labute approximate surface area is 175 Å². The van der Waals surface area contributed by atoms with Gasteiger partial charge >= 0.3 is 5.97 Å². The zero-order chi connectivity index (χ0) is 21.3. The van der Waals surface area contributed by atoms with Crippen LogP contribution in [0, 0.1) is 5.92 Å². The Bertz CT molecular complexity index is 1150. The Morgan fingerprint density at radius 1 is 1.10 bits per heavy atom. The minimum absolute atomic E-state index is 0.343. The summed E-state index contributed by atoms with van der Waals surface area (Å²) in [6.07, 6.45) is 2.73. The van der Waals surface area contributed by atoms with Gasteiger partial charge in [-0.3, -0.25) is 4.79 Å². The second kappa shape index (κ2) is 8.11. The molecule has 0 bridgehead atoms. The molecule has 2 aromatic carbocycles. The number of fused-ring (bicyclic) bond motifs is 2. The number of ether oxygens (including phenoxy) is 1. The number of para-hydroxylation sites is 1. The molecule has 0 unspecified atom stereocenters. The maximum atomic E-state index is 13.1. The molecule has 1 aliphatic rings. The van der Waals surface area contributed by atoms with Gasteiger partial charge < -0.3 is 10.5 Å². The number of hydrogen-bond donors (Lipinski definition) is 1. The number of pyridine rings is 1. The number of aromatic nitrogens is 1. The lowest BCUT2D eigenvalue weighted by Crippen LogP contribution is -2.31. The van der Waals surface area contributed by atoms with Crippen molar-refractivity contribution < 1.29 is 14.3 Å². The van der Waals surface area contributed by atoms with Crippen molar-refractivity contribution in [3.63, 3.8) is 0 Å². The summed E-state index contributed by atoms with van der Waals surface area (Å²) in [7, 11) is 0. The fraction of sp³-hybridized carbons (Fsp3) is 0.240. The second-order valence-electron chi connectivity index (χ2n) is 7.87. The Hall–Kier alpha value is -3.47. The van der Waals surface area contributed by atoms with Crippen LogP contribution in [0.5, 0.6) is 0 Å². The first-order valence-electron chi connectivity index (χ1n) is 10.1. The summed E-state index contributed by atoms with van der Waals surface area (Å²) in [6, 6.07) is 17.6. The van der Waals surface area contributed by atoms with Crippen LogP contribution in [-0.2, 0) is 16.0 Å². The molecule has 0 saturated carbocycles. The smallest absolute Gasteiger partial charge is 0.339 e. The topological polar surface area (TPSA) is 82.3 Å². The molecule has 0 spiro atoms. The quantitative estimate of drug-likeness (QED) is 0.659. The molecular formula is C25H24N2O3. The van der Waals surface area contributed by atoms with Crippen molar-refractivity contribution in [1.82, 2.24) is 4.98 Å². The third-order valence-electron chi connectivity index (χ3n) is 5.45. The number of primary amides is 1. The molecule has 5 nitrogen and oxygen atoms in total. The highest BCUT2D eigenvalue weighted by molar-refractivity contribution is 6.07. The number of nitrogens with two attached hydrogens (primary N) is 1. The second-order valence-corrected chi connectivity index (χ2v) is 7.87. The van der Waals surface area contributed by atoms with Gasteiger partial charge in [0.1, 0.15) is 0 Å². The monoisotopic (exact) mass is 400 g/mol.